The zero-order chi connectivity index (χ0) is 15.6. The summed E-state index contributed by atoms with van der Waals surface area (Å²) < 4.78 is 38.6. The molecule has 0 unspecified atom stereocenters. The molecule has 1 aliphatic rings. The van der Waals surface area contributed by atoms with Gasteiger partial charge in [-0.05, 0) is 31.0 Å². The van der Waals surface area contributed by atoms with Gasteiger partial charge in [0, 0.05) is 44.0 Å². The maximum absolute atomic E-state index is 12.8. The van der Waals surface area contributed by atoms with E-state index in [9.17, 15) is 12.3 Å². The summed E-state index contributed by atoms with van der Waals surface area (Å²) in [4.78, 5) is 2.22. The van der Waals surface area contributed by atoms with E-state index in [0.717, 1.165) is 37.3 Å². The van der Waals surface area contributed by atoms with Gasteiger partial charge in [0.15, 0.2) is 5.75 Å². The van der Waals surface area contributed by atoms with Crippen LogP contribution < -0.4 is 15.2 Å². The average molecular weight is 317 g/mol. The minimum atomic E-state index is -5.06. The number of piperazine rings is 1. The van der Waals surface area contributed by atoms with E-state index in [-0.39, 0.29) is 5.75 Å². The van der Waals surface area contributed by atoms with Gasteiger partial charge in [-0.25, -0.2) is 0 Å². The van der Waals surface area contributed by atoms with Crippen molar-refractivity contribution in [3.8, 4) is 5.75 Å². The first-order valence-corrected chi connectivity index (χ1v) is 8.04. The first-order valence-electron chi connectivity index (χ1n) is 6.73. The summed E-state index contributed by atoms with van der Waals surface area (Å²) in [5.74, 6) is -0.0502. The standard InChI is InChI=1S/C13H20FN3O3S/c1-9-11(8-17-5-3-16-4-6-17)7-12(10(2)13(9)15)20-21(14,18)19/h7,16H,3-6,8,15H2,1-2H3. The van der Waals surface area contributed by atoms with Crippen LogP contribution in [0.15, 0.2) is 6.07 Å². The molecule has 8 heteroatoms. The van der Waals surface area contributed by atoms with Crippen LogP contribution >= 0.6 is 0 Å². The molecule has 1 aliphatic heterocycles. The SMILES string of the molecule is Cc1c(CN2CCNCC2)cc(OS(=O)(=O)F)c(C)c1N. The predicted octanol–water partition coefficient (Wildman–Crippen LogP) is 0.884. The number of rotatable bonds is 4. The Hall–Kier alpha value is -1.38. The summed E-state index contributed by atoms with van der Waals surface area (Å²) in [6.45, 7) is 7.70. The van der Waals surface area contributed by atoms with Gasteiger partial charge in [-0.3, -0.25) is 4.90 Å². The van der Waals surface area contributed by atoms with Gasteiger partial charge in [0.2, 0.25) is 0 Å². The monoisotopic (exact) mass is 317 g/mol. The molecule has 118 valence electrons. The number of anilines is 1. The topological polar surface area (TPSA) is 84.7 Å². The molecule has 6 nitrogen and oxygen atoms in total. The van der Waals surface area contributed by atoms with E-state index in [2.05, 4.69) is 14.4 Å². The van der Waals surface area contributed by atoms with Gasteiger partial charge >= 0.3 is 10.5 Å². The number of nitrogens with one attached hydrogen (secondary N) is 1. The molecule has 0 aliphatic carbocycles. The molecule has 1 fully saturated rings. The third-order valence-corrected chi connectivity index (χ3v) is 4.14. The van der Waals surface area contributed by atoms with Crippen LogP contribution in [0, 0.1) is 13.8 Å². The van der Waals surface area contributed by atoms with Crippen molar-refractivity contribution < 1.29 is 16.5 Å². The summed E-state index contributed by atoms with van der Waals surface area (Å²) >= 11 is 0. The Labute approximate surface area is 124 Å². The van der Waals surface area contributed by atoms with E-state index in [0.29, 0.717) is 17.8 Å². The first kappa shape index (κ1) is 16.0. The highest BCUT2D eigenvalue weighted by Gasteiger charge is 2.19. The van der Waals surface area contributed by atoms with E-state index in [1.807, 2.05) is 6.92 Å². The highest BCUT2D eigenvalue weighted by atomic mass is 32.3. The van der Waals surface area contributed by atoms with Crippen LogP contribution in [0.25, 0.3) is 0 Å². The Morgan fingerprint density at radius 2 is 1.95 bits per heavy atom. The Kier molecular flexibility index (Phi) is 4.70. The van der Waals surface area contributed by atoms with Crippen LogP contribution in [0.4, 0.5) is 9.57 Å². The number of nitrogens with two attached hydrogens (primary N) is 1. The number of hydrogen-bond donors (Lipinski definition) is 2. The van der Waals surface area contributed by atoms with Crippen molar-refractivity contribution in [3.05, 3.63) is 22.8 Å². The Balaban J connectivity index is 2.31. The molecule has 0 amide bonds. The van der Waals surface area contributed by atoms with E-state index in [1.165, 1.54) is 0 Å². The Morgan fingerprint density at radius 3 is 2.52 bits per heavy atom. The third-order valence-electron chi connectivity index (χ3n) is 3.76. The quantitative estimate of drug-likeness (QED) is 0.633. The fourth-order valence-corrected chi connectivity index (χ4v) is 2.82. The van der Waals surface area contributed by atoms with Crippen molar-refractivity contribution in [1.82, 2.24) is 10.2 Å². The molecule has 1 aromatic carbocycles. The van der Waals surface area contributed by atoms with Crippen LogP contribution in [0.3, 0.4) is 0 Å². The minimum absolute atomic E-state index is 0.0502. The van der Waals surface area contributed by atoms with Gasteiger partial charge in [-0.1, -0.05) is 3.89 Å². The number of nitrogens with zero attached hydrogens (tertiary/aromatic N) is 1. The van der Waals surface area contributed by atoms with Gasteiger partial charge in [-0.2, -0.15) is 8.42 Å². The average Bonchev–Trinajstić information content (AvgIpc) is 2.41. The smallest absolute Gasteiger partial charge is 0.398 e. The van der Waals surface area contributed by atoms with Crippen molar-refractivity contribution in [1.29, 1.82) is 0 Å². The molecule has 0 radical (unpaired) electrons. The van der Waals surface area contributed by atoms with Gasteiger partial charge < -0.3 is 15.2 Å². The van der Waals surface area contributed by atoms with E-state index in [4.69, 9.17) is 5.73 Å². The summed E-state index contributed by atoms with van der Waals surface area (Å²) in [6.07, 6.45) is 0. The van der Waals surface area contributed by atoms with Crippen molar-refractivity contribution in [2.75, 3.05) is 31.9 Å². The molecule has 1 aromatic rings. The lowest BCUT2D eigenvalue weighted by Gasteiger charge is -2.28. The zero-order valence-electron chi connectivity index (χ0n) is 12.1. The molecule has 3 N–H and O–H groups in total. The largest absolute Gasteiger partial charge is 0.488 e. The van der Waals surface area contributed by atoms with Gasteiger partial charge in [0.25, 0.3) is 0 Å². The second-order valence-corrected chi connectivity index (χ2v) is 6.15. The lowest BCUT2D eigenvalue weighted by Crippen LogP contribution is -2.43. The second kappa shape index (κ2) is 6.17. The van der Waals surface area contributed by atoms with Crippen molar-refractivity contribution >= 4 is 16.2 Å². The highest BCUT2D eigenvalue weighted by Crippen LogP contribution is 2.31. The van der Waals surface area contributed by atoms with Crippen molar-refractivity contribution in [2.24, 2.45) is 0 Å². The number of nitrogen functional groups attached to an aromatic ring is 1. The van der Waals surface area contributed by atoms with Crippen LogP contribution in [0.2, 0.25) is 0 Å². The Morgan fingerprint density at radius 1 is 1.33 bits per heavy atom. The molecule has 0 spiro atoms. The summed E-state index contributed by atoms with van der Waals surface area (Å²) in [7, 11) is -5.06. The first-order chi connectivity index (χ1) is 9.78. The maximum atomic E-state index is 12.8. The molecule has 1 heterocycles. The molecular weight excluding hydrogens is 297 g/mol. The van der Waals surface area contributed by atoms with Gasteiger partial charge in [0.05, 0.1) is 0 Å². The normalized spacial score (nSPS) is 16.9. The summed E-state index contributed by atoms with van der Waals surface area (Å²) in [6, 6.07) is 1.56. The predicted molar refractivity (Wildman–Crippen MR) is 79.1 cm³/mol. The van der Waals surface area contributed by atoms with E-state index >= 15 is 0 Å². The van der Waals surface area contributed by atoms with Gasteiger partial charge in [0.1, 0.15) is 0 Å². The Bertz CT molecular complexity index is 628. The third kappa shape index (κ3) is 4.05. The van der Waals surface area contributed by atoms with Gasteiger partial charge in [-0.15, -0.1) is 0 Å². The van der Waals surface area contributed by atoms with Crippen LogP contribution in [-0.4, -0.2) is 39.5 Å². The minimum Gasteiger partial charge on any atom is -0.398 e. The zero-order valence-corrected chi connectivity index (χ0v) is 13.0. The molecule has 0 atom stereocenters. The lowest BCUT2D eigenvalue weighted by atomic mass is 10.0. The van der Waals surface area contributed by atoms with Crippen molar-refractivity contribution in [3.63, 3.8) is 0 Å². The highest BCUT2D eigenvalue weighted by molar-refractivity contribution is 7.81. The number of benzene rings is 1. The van der Waals surface area contributed by atoms with E-state index in [1.54, 1.807) is 13.0 Å². The fraction of sp³-hybridized carbons (Fsp3) is 0.538. The van der Waals surface area contributed by atoms with E-state index < -0.39 is 10.5 Å². The maximum Gasteiger partial charge on any atom is 0.488 e. The molecular formula is C13H20FN3O3S. The molecule has 0 bridgehead atoms. The van der Waals surface area contributed by atoms with Crippen LogP contribution in [0.1, 0.15) is 16.7 Å². The fourth-order valence-electron chi connectivity index (χ4n) is 2.43. The molecule has 2 rings (SSSR count). The van der Waals surface area contributed by atoms with Crippen molar-refractivity contribution in [2.45, 2.75) is 20.4 Å². The molecule has 1 saturated heterocycles. The molecule has 0 saturated carbocycles. The summed E-state index contributed by atoms with van der Waals surface area (Å²) in [5.41, 5.74) is 8.56. The lowest BCUT2D eigenvalue weighted by molar-refractivity contribution is 0.232. The molecule has 21 heavy (non-hydrogen) atoms. The van der Waals surface area contributed by atoms with Crippen LogP contribution in [0.5, 0.6) is 5.75 Å². The number of hydrogen-bond acceptors (Lipinski definition) is 6. The summed E-state index contributed by atoms with van der Waals surface area (Å²) in [5, 5.41) is 3.26. The van der Waals surface area contributed by atoms with Crippen LogP contribution in [-0.2, 0) is 17.0 Å². The number of halogens is 1. The molecule has 0 aromatic heterocycles. The second-order valence-electron chi connectivity index (χ2n) is 5.20.